The fourth-order valence-electron chi connectivity index (χ4n) is 9.78. The average molecular weight is 884 g/mol. The summed E-state index contributed by atoms with van der Waals surface area (Å²) in [6, 6.07) is -1.12. The Morgan fingerprint density at radius 1 is 0.841 bits per heavy atom. The first kappa shape index (κ1) is 52.3. The second-order valence-electron chi connectivity index (χ2n) is 19.3. The molecule has 4 rings (SSSR count). The zero-order valence-electron chi connectivity index (χ0n) is 39.3. The zero-order chi connectivity index (χ0) is 46.6. The van der Waals surface area contributed by atoms with E-state index >= 15 is 0 Å². The van der Waals surface area contributed by atoms with Gasteiger partial charge in [-0.05, 0) is 107 Å². The molecule has 4 aliphatic rings. The van der Waals surface area contributed by atoms with Crippen LogP contribution in [0.5, 0.6) is 0 Å². The molecule has 1 aliphatic carbocycles. The van der Waals surface area contributed by atoms with E-state index in [9.17, 15) is 39.3 Å². The van der Waals surface area contributed by atoms with Crippen LogP contribution in [-0.2, 0) is 42.9 Å². The normalized spacial score (nSPS) is 37.5. The molecule has 63 heavy (non-hydrogen) atoms. The molecule has 2 saturated heterocycles. The van der Waals surface area contributed by atoms with Crippen molar-refractivity contribution in [2.24, 2.45) is 35.5 Å². The highest BCUT2D eigenvalue weighted by molar-refractivity contribution is 6.39. The van der Waals surface area contributed by atoms with Crippen molar-refractivity contribution in [3.05, 3.63) is 47.6 Å². The van der Waals surface area contributed by atoms with Gasteiger partial charge >= 0.3 is 5.97 Å². The number of carbonyl (C=O) groups excluding carboxylic acids is 5. The molecule has 3 N–H and O–H groups in total. The molecule has 13 nitrogen and oxygen atoms in total. The molecule has 0 aromatic rings. The maximum absolute atomic E-state index is 14.3. The van der Waals surface area contributed by atoms with Crippen molar-refractivity contribution in [3.63, 3.8) is 0 Å². The van der Waals surface area contributed by atoms with Crippen LogP contribution < -0.4 is 0 Å². The van der Waals surface area contributed by atoms with Gasteiger partial charge in [0.25, 0.3) is 11.7 Å². The molecule has 3 fully saturated rings. The summed E-state index contributed by atoms with van der Waals surface area (Å²) in [6.45, 7) is 12.9. The van der Waals surface area contributed by atoms with Crippen LogP contribution in [0.1, 0.15) is 132 Å². The number of amides is 1. The van der Waals surface area contributed by atoms with Gasteiger partial charge in [0.2, 0.25) is 5.79 Å². The van der Waals surface area contributed by atoms with Crippen molar-refractivity contribution in [1.29, 1.82) is 0 Å². The molecular formula is C50H77NO12. The van der Waals surface area contributed by atoms with Crippen molar-refractivity contribution >= 4 is 29.2 Å². The number of rotatable bonds is 5. The number of allylic oxidation sites excluding steroid dienone is 6. The van der Waals surface area contributed by atoms with E-state index in [1.54, 1.807) is 41.1 Å². The third kappa shape index (κ3) is 14.3. The summed E-state index contributed by atoms with van der Waals surface area (Å²) in [5.41, 5.74) is 1.39. The molecule has 0 aromatic heterocycles. The predicted molar refractivity (Wildman–Crippen MR) is 239 cm³/mol. The monoisotopic (exact) mass is 884 g/mol. The van der Waals surface area contributed by atoms with Gasteiger partial charge in [0, 0.05) is 57.8 Å². The molecular weight excluding hydrogens is 807 g/mol. The summed E-state index contributed by atoms with van der Waals surface area (Å²) in [5.74, 6) is -7.36. The van der Waals surface area contributed by atoms with Gasteiger partial charge in [0.05, 0.1) is 30.5 Å². The highest BCUT2D eigenvalue weighted by atomic mass is 16.6. The first-order chi connectivity index (χ1) is 29.8. The Balaban J connectivity index is 1.67. The Morgan fingerprint density at radius 2 is 1.57 bits per heavy atom. The summed E-state index contributed by atoms with van der Waals surface area (Å²) >= 11 is 0. The molecule has 1 saturated carbocycles. The lowest BCUT2D eigenvalue weighted by molar-refractivity contribution is -0.265. The van der Waals surface area contributed by atoms with Crippen molar-refractivity contribution in [3.8, 4) is 0 Å². The van der Waals surface area contributed by atoms with Crippen molar-refractivity contribution in [1.82, 2.24) is 4.90 Å². The highest BCUT2D eigenvalue weighted by Crippen LogP contribution is 2.37. The maximum Gasteiger partial charge on any atom is 0.329 e. The topological polar surface area (TPSA) is 186 Å². The summed E-state index contributed by atoms with van der Waals surface area (Å²) in [6.07, 6.45) is 13.0. The van der Waals surface area contributed by atoms with Gasteiger partial charge in [-0.3, -0.25) is 19.2 Å². The average Bonchev–Trinajstić information content (AvgIpc) is 3.25. The number of nitrogens with zero attached hydrogens (tertiary/aromatic N) is 1. The number of Topliss-reactive ketones (excluding diaryl/α,β-unsaturated/α-hetero) is 3. The van der Waals surface area contributed by atoms with E-state index in [-0.39, 0.29) is 67.1 Å². The minimum Gasteiger partial charge on any atom is -0.460 e. The maximum atomic E-state index is 14.3. The lowest BCUT2D eigenvalue weighted by Crippen LogP contribution is -2.61. The van der Waals surface area contributed by atoms with Crippen LogP contribution in [0.15, 0.2) is 47.6 Å². The molecule has 3 aliphatic heterocycles. The third-order valence-corrected chi connectivity index (χ3v) is 14.2. The predicted octanol–water partition coefficient (Wildman–Crippen LogP) is 6.56. The van der Waals surface area contributed by atoms with E-state index < -0.39 is 71.8 Å². The molecule has 2 bridgehead atoms. The number of carbonyl (C=O) groups is 5. The Hall–Kier alpha value is -3.33. The van der Waals surface area contributed by atoms with Crippen LogP contribution in [-0.4, -0.2) is 119 Å². The minimum atomic E-state index is -2.42. The van der Waals surface area contributed by atoms with Crippen LogP contribution in [0.25, 0.3) is 0 Å². The second kappa shape index (κ2) is 24.3. The Labute approximate surface area is 375 Å². The van der Waals surface area contributed by atoms with Crippen molar-refractivity contribution < 1.29 is 58.2 Å². The van der Waals surface area contributed by atoms with E-state index in [1.807, 2.05) is 58.1 Å². The lowest BCUT2D eigenvalue weighted by atomic mass is 9.78. The van der Waals surface area contributed by atoms with Gasteiger partial charge in [-0.1, -0.05) is 71.1 Å². The van der Waals surface area contributed by atoms with Gasteiger partial charge < -0.3 is 39.2 Å². The van der Waals surface area contributed by atoms with Gasteiger partial charge in [0.15, 0.2) is 0 Å². The van der Waals surface area contributed by atoms with Gasteiger partial charge in [-0.15, -0.1) is 0 Å². The zero-order valence-corrected chi connectivity index (χ0v) is 39.3. The molecule has 13 heteroatoms. The Morgan fingerprint density at radius 3 is 2.27 bits per heavy atom. The number of piperidine rings is 1. The fourth-order valence-corrected chi connectivity index (χ4v) is 9.78. The number of fused-ring (bicyclic) bond motifs is 3. The number of aliphatic hydroxyl groups is 3. The van der Waals surface area contributed by atoms with E-state index in [0.29, 0.717) is 63.4 Å². The standard InChI is InChI=1S/C50H77NO12/c1-30-15-11-10-12-16-31(2)44(60-8)27-38-20-18-36(7)50(59,63-38)47(56)48(57)51-22-14-13-17-39(51)49(58)62-45(35(6)25-37-19-21-40(52)46(26-37)61-9)29-43(55)34(5)24-33(4)42(54)28-41(53)32(3)23-30/h10-12,15-16,24,30,32,34-40,42,44-46,52,54,59H,13-14,17-23,25-29H2,1-9H3. The number of hydrogen-bond acceptors (Lipinski definition) is 12. The third-order valence-electron chi connectivity index (χ3n) is 14.2. The largest absolute Gasteiger partial charge is 0.460 e. The molecule has 0 radical (unpaired) electrons. The molecule has 3 heterocycles. The van der Waals surface area contributed by atoms with E-state index in [4.69, 9.17) is 18.9 Å². The fraction of sp³-hybridized carbons (Fsp3) is 0.740. The van der Waals surface area contributed by atoms with Gasteiger partial charge in [0.1, 0.15) is 23.7 Å². The number of ketones is 3. The summed E-state index contributed by atoms with van der Waals surface area (Å²) < 4.78 is 23.8. The summed E-state index contributed by atoms with van der Waals surface area (Å²) in [7, 11) is 3.15. The number of esters is 1. The van der Waals surface area contributed by atoms with Crippen LogP contribution >= 0.6 is 0 Å². The van der Waals surface area contributed by atoms with Crippen LogP contribution in [0, 0.1) is 35.5 Å². The highest BCUT2D eigenvalue weighted by Gasteiger charge is 2.53. The molecule has 14 unspecified atom stereocenters. The van der Waals surface area contributed by atoms with E-state index in [0.717, 1.165) is 12.0 Å². The SMILES string of the molecule is COC1CC2CCC(C)C(O)(O2)C(=O)C(=O)N2CCCCC2C(=O)OC(C(C)CC2CCC(O)C(OC)C2)CC(=O)C(C)C=C(C)C(O)CC(=O)C(C)CC(C)C=CC=CC=C1C. The Bertz CT molecular complexity index is 1700. The summed E-state index contributed by atoms with van der Waals surface area (Å²) in [5, 5.41) is 33.5. The first-order valence-electron chi connectivity index (χ1n) is 23.4. The number of hydrogen-bond donors (Lipinski definition) is 3. The second-order valence-corrected chi connectivity index (χ2v) is 19.3. The number of ether oxygens (including phenoxy) is 4. The molecule has 354 valence electrons. The number of aliphatic hydroxyl groups excluding tert-OH is 2. The van der Waals surface area contributed by atoms with E-state index in [2.05, 4.69) is 0 Å². The Kier molecular flexibility index (Phi) is 20.1. The minimum absolute atomic E-state index is 0.0725. The molecule has 0 aromatic carbocycles. The molecule has 1 amide bonds. The molecule has 14 atom stereocenters. The van der Waals surface area contributed by atoms with Gasteiger partial charge in [-0.25, -0.2) is 4.79 Å². The van der Waals surface area contributed by atoms with Crippen LogP contribution in [0.2, 0.25) is 0 Å². The van der Waals surface area contributed by atoms with Crippen LogP contribution in [0.3, 0.4) is 0 Å². The number of methoxy groups -OCH3 is 2. The van der Waals surface area contributed by atoms with Crippen molar-refractivity contribution in [2.45, 2.75) is 180 Å². The first-order valence-corrected chi connectivity index (χ1v) is 23.4. The molecule has 0 spiro atoms. The van der Waals surface area contributed by atoms with E-state index in [1.165, 1.54) is 4.90 Å². The lowest BCUT2D eigenvalue weighted by Gasteiger charge is -2.42. The van der Waals surface area contributed by atoms with Crippen molar-refractivity contribution in [2.75, 3.05) is 20.8 Å². The quantitative estimate of drug-likeness (QED) is 0.154. The van der Waals surface area contributed by atoms with Gasteiger partial charge in [-0.2, -0.15) is 0 Å². The summed E-state index contributed by atoms with van der Waals surface area (Å²) in [4.78, 5) is 71.1. The van der Waals surface area contributed by atoms with Crippen LogP contribution in [0.4, 0.5) is 0 Å². The number of cyclic esters (lactones) is 1. The smallest absolute Gasteiger partial charge is 0.329 e.